The van der Waals surface area contributed by atoms with Gasteiger partial charge in [-0.05, 0) is 48.4 Å². The Morgan fingerprint density at radius 2 is 1.79 bits per heavy atom. The number of pyridine rings is 1. The van der Waals surface area contributed by atoms with Crippen LogP contribution < -0.4 is 15.6 Å². The van der Waals surface area contributed by atoms with Crippen molar-refractivity contribution in [3.63, 3.8) is 0 Å². The first-order valence-corrected chi connectivity index (χ1v) is 9.13. The lowest BCUT2D eigenvalue weighted by atomic mass is 10.1. The third kappa shape index (κ3) is 4.87. The molecule has 0 spiro atoms. The minimum atomic E-state index is -0.944. The van der Waals surface area contributed by atoms with Gasteiger partial charge in [-0.1, -0.05) is 19.1 Å². The largest absolute Gasteiger partial charge is 0.463 e. The van der Waals surface area contributed by atoms with E-state index in [0.29, 0.717) is 41.1 Å². The second-order valence-electron chi connectivity index (χ2n) is 6.36. The quantitative estimate of drug-likeness (QED) is 0.628. The maximum atomic E-state index is 13.4. The Balaban J connectivity index is 2.09. The topological polar surface area (TPSA) is 60.3 Å². The summed E-state index contributed by atoms with van der Waals surface area (Å²) in [4.78, 5) is 24.8. The highest BCUT2D eigenvalue weighted by atomic mass is 19.1. The zero-order valence-corrected chi connectivity index (χ0v) is 15.8. The molecule has 0 unspecified atom stereocenters. The van der Waals surface area contributed by atoms with Crippen molar-refractivity contribution in [2.75, 3.05) is 12.2 Å². The van der Waals surface area contributed by atoms with Gasteiger partial charge in [0.25, 0.3) is 5.56 Å². The number of carbonyl (C=O) groups is 1. The molecule has 0 saturated carbocycles. The Kier molecular flexibility index (Phi) is 6.39. The van der Waals surface area contributed by atoms with Crippen molar-refractivity contribution in [1.29, 1.82) is 0 Å². The summed E-state index contributed by atoms with van der Waals surface area (Å²) < 4.78 is 31.8. The van der Waals surface area contributed by atoms with E-state index in [-0.39, 0.29) is 17.3 Å². The minimum Gasteiger partial charge on any atom is -0.463 e. The van der Waals surface area contributed by atoms with Gasteiger partial charge in [0, 0.05) is 29.9 Å². The van der Waals surface area contributed by atoms with Gasteiger partial charge in [-0.2, -0.15) is 0 Å². The summed E-state index contributed by atoms with van der Waals surface area (Å²) in [5.74, 6) is -0.255. The lowest BCUT2D eigenvalue weighted by Gasteiger charge is -2.15. The number of carbonyl (C=O) groups excluding carboxylic acids is 1. The fraction of sp³-hybridized carbons (Fsp3) is 0.182. The highest BCUT2D eigenvalue weighted by molar-refractivity contribution is 5.95. The third-order valence-electron chi connectivity index (χ3n) is 4.30. The van der Waals surface area contributed by atoms with E-state index in [1.54, 1.807) is 42.6 Å². The molecule has 3 aromatic rings. The first-order chi connectivity index (χ1) is 14.0. The first-order valence-electron chi connectivity index (χ1n) is 9.13. The van der Waals surface area contributed by atoms with E-state index in [1.807, 2.05) is 6.92 Å². The van der Waals surface area contributed by atoms with E-state index in [2.05, 4.69) is 5.32 Å². The third-order valence-corrected chi connectivity index (χ3v) is 4.30. The van der Waals surface area contributed by atoms with E-state index in [0.717, 1.165) is 0 Å². The lowest BCUT2D eigenvalue weighted by Crippen LogP contribution is -2.20. The number of nitrogens with one attached hydrogen (secondary N) is 1. The molecule has 0 radical (unpaired) electrons. The second-order valence-corrected chi connectivity index (χ2v) is 6.36. The van der Waals surface area contributed by atoms with E-state index in [4.69, 9.17) is 4.74 Å². The predicted molar refractivity (Wildman–Crippen MR) is 108 cm³/mol. The first kappa shape index (κ1) is 20.3. The molecule has 2 aromatic carbocycles. The van der Waals surface area contributed by atoms with Crippen molar-refractivity contribution in [3.05, 3.63) is 77.0 Å². The van der Waals surface area contributed by atoms with Gasteiger partial charge in [-0.3, -0.25) is 14.2 Å². The number of alkyl halides is 1. The number of halogens is 2. The van der Waals surface area contributed by atoms with E-state index in [9.17, 15) is 18.4 Å². The van der Waals surface area contributed by atoms with Crippen LogP contribution in [0.5, 0.6) is 5.75 Å². The lowest BCUT2D eigenvalue weighted by molar-refractivity contribution is -0.116. The van der Waals surface area contributed by atoms with Crippen LogP contribution in [0.3, 0.4) is 0 Å². The Labute approximate surface area is 166 Å². The van der Waals surface area contributed by atoms with Crippen LogP contribution in [0.2, 0.25) is 0 Å². The zero-order chi connectivity index (χ0) is 20.8. The summed E-state index contributed by atoms with van der Waals surface area (Å²) in [7, 11) is 0. The molecule has 0 saturated heterocycles. The molecule has 150 valence electrons. The molecule has 1 heterocycles. The summed E-state index contributed by atoms with van der Waals surface area (Å²) in [6, 6.07) is 13.5. The van der Waals surface area contributed by atoms with Crippen LogP contribution in [-0.4, -0.2) is 17.3 Å². The monoisotopic (exact) mass is 398 g/mol. The van der Waals surface area contributed by atoms with Crippen LogP contribution in [-0.2, 0) is 4.79 Å². The van der Waals surface area contributed by atoms with E-state index in [1.165, 1.54) is 22.8 Å². The van der Waals surface area contributed by atoms with Gasteiger partial charge in [-0.15, -0.1) is 0 Å². The van der Waals surface area contributed by atoms with Crippen LogP contribution in [0.25, 0.3) is 16.8 Å². The van der Waals surface area contributed by atoms with Crippen molar-refractivity contribution >= 4 is 11.6 Å². The number of hydrogen-bond acceptors (Lipinski definition) is 3. The molecule has 0 fully saturated rings. The van der Waals surface area contributed by atoms with Gasteiger partial charge in [0.05, 0.1) is 5.69 Å². The van der Waals surface area contributed by atoms with E-state index >= 15 is 0 Å². The molecule has 0 bridgehead atoms. The summed E-state index contributed by atoms with van der Waals surface area (Å²) in [5, 5.41) is 2.76. The minimum absolute atomic E-state index is 0.208. The van der Waals surface area contributed by atoms with Crippen LogP contribution >= 0.6 is 0 Å². The van der Waals surface area contributed by atoms with Gasteiger partial charge >= 0.3 is 0 Å². The summed E-state index contributed by atoms with van der Waals surface area (Å²) >= 11 is 0. The molecule has 1 aromatic heterocycles. The molecule has 7 heteroatoms. The Hall–Kier alpha value is -3.48. The molecule has 5 nitrogen and oxygen atoms in total. The zero-order valence-electron chi connectivity index (χ0n) is 15.8. The second kappa shape index (κ2) is 9.14. The number of benzene rings is 2. The number of rotatable bonds is 7. The van der Waals surface area contributed by atoms with Gasteiger partial charge in [0.15, 0.2) is 0 Å². The van der Waals surface area contributed by atoms with Crippen LogP contribution in [0.15, 0.2) is 65.6 Å². The Morgan fingerprint density at radius 1 is 1.10 bits per heavy atom. The molecule has 3 rings (SSSR count). The Morgan fingerprint density at radius 3 is 2.41 bits per heavy atom. The van der Waals surface area contributed by atoms with Crippen LogP contribution in [0.4, 0.5) is 14.5 Å². The van der Waals surface area contributed by atoms with Gasteiger partial charge in [-0.25, -0.2) is 8.78 Å². The van der Waals surface area contributed by atoms with Gasteiger partial charge < -0.3 is 10.1 Å². The molecule has 1 amide bonds. The number of hydrogen-bond donors (Lipinski definition) is 1. The van der Waals surface area contributed by atoms with E-state index < -0.39 is 6.86 Å². The van der Waals surface area contributed by atoms with Gasteiger partial charge in [0.2, 0.25) is 12.8 Å². The molecule has 0 atom stereocenters. The number of ether oxygens (including phenoxy) is 1. The summed E-state index contributed by atoms with van der Waals surface area (Å²) in [6.45, 7) is 0.939. The molecule has 29 heavy (non-hydrogen) atoms. The number of aromatic nitrogens is 1. The van der Waals surface area contributed by atoms with Crippen molar-refractivity contribution in [2.24, 2.45) is 0 Å². The number of nitrogens with zero attached hydrogens (tertiary/aromatic N) is 1. The standard InChI is InChI=1S/C22H20F2N2O3/c1-2-3-21(27)25-20-12-22(28)26(17-8-10-18(11-9-17)29-14-23)13-19(20)15-4-6-16(24)7-5-15/h4-13H,2-3,14H2,1H3,(H,25,27). The molecule has 0 aliphatic rings. The molecule has 0 aliphatic carbocycles. The van der Waals surface area contributed by atoms with Crippen LogP contribution in [0.1, 0.15) is 19.8 Å². The van der Waals surface area contributed by atoms with Crippen molar-refractivity contribution < 1.29 is 18.3 Å². The van der Waals surface area contributed by atoms with Crippen molar-refractivity contribution in [1.82, 2.24) is 4.57 Å². The fourth-order valence-electron chi connectivity index (χ4n) is 2.90. The molecular weight excluding hydrogens is 378 g/mol. The van der Waals surface area contributed by atoms with Crippen molar-refractivity contribution in [3.8, 4) is 22.6 Å². The smallest absolute Gasteiger partial charge is 0.257 e. The number of amides is 1. The predicted octanol–water partition coefficient (Wildman–Crippen LogP) is 4.69. The SMILES string of the molecule is CCCC(=O)Nc1cc(=O)n(-c2ccc(OCF)cc2)cc1-c1ccc(F)cc1. The highest BCUT2D eigenvalue weighted by Crippen LogP contribution is 2.28. The van der Waals surface area contributed by atoms with Gasteiger partial charge in [0.1, 0.15) is 11.6 Å². The maximum Gasteiger partial charge on any atom is 0.257 e. The normalized spacial score (nSPS) is 10.6. The van der Waals surface area contributed by atoms with Crippen molar-refractivity contribution in [2.45, 2.75) is 19.8 Å². The molecule has 0 aliphatic heterocycles. The Bertz CT molecular complexity index is 1050. The molecular formula is C22H20F2N2O3. The number of anilines is 1. The summed E-state index contributed by atoms with van der Waals surface area (Å²) in [5.41, 5.74) is 1.74. The average molecular weight is 398 g/mol. The fourth-order valence-corrected chi connectivity index (χ4v) is 2.90. The highest BCUT2D eigenvalue weighted by Gasteiger charge is 2.13. The maximum absolute atomic E-state index is 13.4. The molecule has 1 N–H and O–H groups in total. The average Bonchev–Trinajstić information content (AvgIpc) is 2.70. The van der Waals surface area contributed by atoms with Crippen LogP contribution in [0, 0.1) is 5.82 Å². The summed E-state index contributed by atoms with van der Waals surface area (Å²) in [6.07, 6.45) is 2.58.